The molecule has 0 amide bonds. The Labute approximate surface area is 110 Å². The SMILES string of the molecule is CSC(C)(C)CNS(=O)(=O)c1cc(CO)cs1. The van der Waals surface area contributed by atoms with E-state index in [4.69, 9.17) is 5.11 Å². The minimum absolute atomic E-state index is 0.135. The Hall–Kier alpha value is -0.0800. The van der Waals surface area contributed by atoms with E-state index in [9.17, 15) is 8.42 Å². The molecule has 0 bridgehead atoms. The summed E-state index contributed by atoms with van der Waals surface area (Å²) in [6.45, 7) is 4.20. The molecule has 1 heterocycles. The predicted octanol–water partition coefficient (Wildman–Crippen LogP) is 1.66. The van der Waals surface area contributed by atoms with E-state index in [0.29, 0.717) is 12.1 Å². The molecule has 0 aliphatic rings. The Kier molecular flexibility index (Phi) is 5.03. The first kappa shape index (κ1) is 15.0. The fraction of sp³-hybridized carbons (Fsp3) is 0.600. The molecule has 0 atom stereocenters. The summed E-state index contributed by atoms with van der Waals surface area (Å²) in [6, 6.07) is 1.50. The van der Waals surface area contributed by atoms with Gasteiger partial charge in [0.2, 0.25) is 10.0 Å². The topological polar surface area (TPSA) is 66.4 Å². The van der Waals surface area contributed by atoms with E-state index in [2.05, 4.69) is 4.72 Å². The van der Waals surface area contributed by atoms with Crippen LogP contribution in [-0.2, 0) is 16.6 Å². The number of thiophene rings is 1. The van der Waals surface area contributed by atoms with Crippen LogP contribution in [0.3, 0.4) is 0 Å². The standard InChI is InChI=1S/C10H17NO3S3/c1-10(2,15-3)7-11-17(13,14)9-4-8(5-12)6-16-9/h4,6,11-12H,5,7H2,1-3H3. The van der Waals surface area contributed by atoms with Crippen LogP contribution in [0.5, 0.6) is 0 Å². The number of rotatable bonds is 6. The van der Waals surface area contributed by atoms with Crippen LogP contribution in [0.4, 0.5) is 0 Å². The number of hydrogen-bond donors (Lipinski definition) is 2. The molecule has 0 spiro atoms. The molecule has 2 N–H and O–H groups in total. The normalized spacial score (nSPS) is 12.9. The Morgan fingerprint density at radius 2 is 2.18 bits per heavy atom. The summed E-state index contributed by atoms with van der Waals surface area (Å²) in [5, 5.41) is 10.5. The number of nitrogens with one attached hydrogen (secondary N) is 1. The number of sulfonamides is 1. The van der Waals surface area contributed by atoms with E-state index >= 15 is 0 Å². The highest BCUT2D eigenvalue weighted by Gasteiger charge is 2.22. The van der Waals surface area contributed by atoms with Gasteiger partial charge in [0.25, 0.3) is 0 Å². The van der Waals surface area contributed by atoms with Crippen molar-refractivity contribution in [3.63, 3.8) is 0 Å². The van der Waals surface area contributed by atoms with E-state index in [-0.39, 0.29) is 15.6 Å². The zero-order chi connectivity index (χ0) is 13.1. The second-order valence-electron chi connectivity index (χ2n) is 4.22. The fourth-order valence-corrected chi connectivity index (χ4v) is 3.75. The summed E-state index contributed by atoms with van der Waals surface area (Å²) in [7, 11) is -3.45. The monoisotopic (exact) mass is 295 g/mol. The van der Waals surface area contributed by atoms with Gasteiger partial charge in [-0.25, -0.2) is 13.1 Å². The van der Waals surface area contributed by atoms with E-state index in [1.807, 2.05) is 20.1 Å². The molecule has 0 saturated heterocycles. The summed E-state index contributed by atoms with van der Waals surface area (Å²) in [4.78, 5) is 0. The van der Waals surface area contributed by atoms with Gasteiger partial charge in [-0.1, -0.05) is 0 Å². The average molecular weight is 295 g/mol. The van der Waals surface area contributed by atoms with Crippen molar-refractivity contribution in [2.24, 2.45) is 0 Å². The van der Waals surface area contributed by atoms with Gasteiger partial charge in [-0.3, -0.25) is 0 Å². The number of thioether (sulfide) groups is 1. The zero-order valence-corrected chi connectivity index (χ0v) is 12.5. The Morgan fingerprint density at radius 1 is 1.53 bits per heavy atom. The maximum Gasteiger partial charge on any atom is 0.250 e. The van der Waals surface area contributed by atoms with Crippen molar-refractivity contribution in [1.82, 2.24) is 4.72 Å². The Bertz CT molecular complexity index is 465. The molecule has 0 saturated carbocycles. The third-order valence-electron chi connectivity index (χ3n) is 2.32. The first-order chi connectivity index (χ1) is 7.80. The summed E-state index contributed by atoms with van der Waals surface area (Å²) in [6.07, 6.45) is 1.95. The van der Waals surface area contributed by atoms with Crippen molar-refractivity contribution < 1.29 is 13.5 Å². The molecule has 0 unspecified atom stereocenters. The summed E-state index contributed by atoms with van der Waals surface area (Å²) < 4.78 is 26.6. The van der Waals surface area contributed by atoms with Gasteiger partial charge in [0.05, 0.1) is 6.61 Å². The Balaban J connectivity index is 2.76. The lowest BCUT2D eigenvalue weighted by molar-refractivity contribution is 0.282. The molecule has 0 aliphatic carbocycles. The number of hydrogen-bond acceptors (Lipinski definition) is 5. The predicted molar refractivity (Wildman–Crippen MR) is 73.0 cm³/mol. The van der Waals surface area contributed by atoms with E-state index in [0.717, 1.165) is 11.3 Å². The van der Waals surface area contributed by atoms with Gasteiger partial charge in [-0.2, -0.15) is 11.8 Å². The first-order valence-electron chi connectivity index (χ1n) is 5.04. The van der Waals surface area contributed by atoms with Crippen LogP contribution in [0, 0.1) is 0 Å². The molecule has 17 heavy (non-hydrogen) atoms. The van der Waals surface area contributed by atoms with Crippen molar-refractivity contribution >= 4 is 33.1 Å². The molecule has 1 rings (SSSR count). The van der Waals surface area contributed by atoms with Crippen LogP contribution >= 0.6 is 23.1 Å². The number of aliphatic hydroxyl groups excluding tert-OH is 1. The van der Waals surface area contributed by atoms with Crippen molar-refractivity contribution in [2.75, 3.05) is 12.8 Å². The van der Waals surface area contributed by atoms with Crippen molar-refractivity contribution in [3.05, 3.63) is 17.0 Å². The maximum atomic E-state index is 11.9. The smallest absolute Gasteiger partial charge is 0.250 e. The molecule has 98 valence electrons. The molecule has 0 radical (unpaired) electrons. The third kappa shape index (κ3) is 4.26. The van der Waals surface area contributed by atoms with Gasteiger partial charge in [-0.05, 0) is 37.1 Å². The van der Waals surface area contributed by atoms with Crippen LogP contribution in [0.1, 0.15) is 19.4 Å². The molecule has 0 aliphatic heterocycles. The minimum atomic E-state index is -3.45. The molecule has 0 aromatic carbocycles. The summed E-state index contributed by atoms with van der Waals surface area (Å²) in [5.41, 5.74) is 0.625. The average Bonchev–Trinajstić information content (AvgIpc) is 2.76. The highest BCUT2D eigenvalue weighted by molar-refractivity contribution is 8.00. The third-order valence-corrected chi connectivity index (χ3v) is 6.46. The van der Waals surface area contributed by atoms with E-state index in [1.54, 1.807) is 17.1 Å². The number of aliphatic hydroxyl groups is 1. The molecule has 4 nitrogen and oxygen atoms in total. The van der Waals surface area contributed by atoms with Gasteiger partial charge >= 0.3 is 0 Å². The van der Waals surface area contributed by atoms with Gasteiger partial charge in [-0.15, -0.1) is 11.3 Å². The lowest BCUT2D eigenvalue weighted by atomic mass is 10.2. The van der Waals surface area contributed by atoms with Crippen LogP contribution < -0.4 is 4.72 Å². The zero-order valence-electron chi connectivity index (χ0n) is 10.1. The van der Waals surface area contributed by atoms with E-state index < -0.39 is 10.0 Å². The van der Waals surface area contributed by atoms with Gasteiger partial charge in [0.1, 0.15) is 4.21 Å². The maximum absolute atomic E-state index is 11.9. The van der Waals surface area contributed by atoms with Gasteiger partial charge < -0.3 is 5.11 Å². The van der Waals surface area contributed by atoms with E-state index in [1.165, 1.54) is 6.07 Å². The van der Waals surface area contributed by atoms with Crippen LogP contribution in [0.2, 0.25) is 0 Å². The molecular formula is C10H17NO3S3. The lowest BCUT2D eigenvalue weighted by Crippen LogP contribution is -2.35. The summed E-state index contributed by atoms with van der Waals surface area (Å²) in [5.74, 6) is 0. The minimum Gasteiger partial charge on any atom is -0.392 e. The highest BCUT2D eigenvalue weighted by atomic mass is 32.2. The molecule has 7 heteroatoms. The van der Waals surface area contributed by atoms with Crippen LogP contribution in [0.15, 0.2) is 15.7 Å². The first-order valence-corrected chi connectivity index (χ1v) is 8.62. The van der Waals surface area contributed by atoms with Gasteiger partial charge in [0.15, 0.2) is 0 Å². The van der Waals surface area contributed by atoms with Crippen molar-refractivity contribution in [3.8, 4) is 0 Å². The lowest BCUT2D eigenvalue weighted by Gasteiger charge is -2.21. The van der Waals surface area contributed by atoms with Crippen molar-refractivity contribution in [2.45, 2.75) is 29.4 Å². The second-order valence-corrected chi connectivity index (χ2v) is 8.64. The molecule has 0 fully saturated rings. The Morgan fingerprint density at radius 3 is 2.65 bits per heavy atom. The largest absolute Gasteiger partial charge is 0.392 e. The molecule has 1 aromatic heterocycles. The van der Waals surface area contributed by atoms with Crippen molar-refractivity contribution in [1.29, 1.82) is 0 Å². The highest BCUT2D eigenvalue weighted by Crippen LogP contribution is 2.23. The fourth-order valence-electron chi connectivity index (χ4n) is 0.989. The van der Waals surface area contributed by atoms with Crippen LogP contribution in [0.25, 0.3) is 0 Å². The molecule has 1 aromatic rings. The van der Waals surface area contributed by atoms with Crippen LogP contribution in [-0.4, -0.2) is 31.1 Å². The van der Waals surface area contributed by atoms with Gasteiger partial charge in [0, 0.05) is 11.3 Å². The summed E-state index contributed by atoms with van der Waals surface area (Å²) >= 11 is 2.73. The molecular weight excluding hydrogens is 278 g/mol. The quantitative estimate of drug-likeness (QED) is 0.837. The second kappa shape index (κ2) is 5.71.